The van der Waals surface area contributed by atoms with Gasteiger partial charge in [-0.05, 0) is 37.7 Å². The molecule has 1 aliphatic rings. The van der Waals surface area contributed by atoms with Gasteiger partial charge in [0.1, 0.15) is 0 Å². The summed E-state index contributed by atoms with van der Waals surface area (Å²) in [5.41, 5.74) is 4.18. The van der Waals surface area contributed by atoms with E-state index in [9.17, 15) is 0 Å². The highest BCUT2D eigenvalue weighted by Crippen LogP contribution is 2.29. The van der Waals surface area contributed by atoms with E-state index in [0.29, 0.717) is 5.92 Å². The zero-order valence-corrected chi connectivity index (χ0v) is 12.7. The predicted molar refractivity (Wildman–Crippen MR) is 80.1 cm³/mol. The molecule has 3 N–H and O–H groups in total. The van der Waals surface area contributed by atoms with Crippen molar-refractivity contribution in [2.75, 3.05) is 7.11 Å². The lowest BCUT2D eigenvalue weighted by Gasteiger charge is -2.34. The number of ether oxygens (including phenoxy) is 1. The van der Waals surface area contributed by atoms with Crippen LogP contribution in [0.25, 0.3) is 0 Å². The molecule has 5 heteroatoms. The smallest absolute Gasteiger partial charge is 0.0769 e. The first-order chi connectivity index (χ1) is 9.78. The SMILES string of the molecule is CCn1cc(CC(NN)C(OC)C2CCCCC2)cn1. The highest BCUT2D eigenvalue weighted by molar-refractivity contribution is 5.07. The Hall–Kier alpha value is -0.910. The van der Waals surface area contributed by atoms with E-state index in [-0.39, 0.29) is 12.1 Å². The molecule has 20 heavy (non-hydrogen) atoms. The summed E-state index contributed by atoms with van der Waals surface area (Å²) in [7, 11) is 1.80. The maximum absolute atomic E-state index is 5.79. The average molecular weight is 280 g/mol. The van der Waals surface area contributed by atoms with Crippen LogP contribution in [0.3, 0.4) is 0 Å². The first kappa shape index (κ1) is 15.5. The Balaban J connectivity index is 2.00. The molecular weight excluding hydrogens is 252 g/mol. The van der Waals surface area contributed by atoms with Crippen LogP contribution in [0.15, 0.2) is 12.4 Å². The first-order valence-electron chi connectivity index (χ1n) is 7.78. The van der Waals surface area contributed by atoms with Gasteiger partial charge >= 0.3 is 0 Å². The molecule has 0 radical (unpaired) electrons. The Labute approximate surface area is 121 Å². The van der Waals surface area contributed by atoms with Gasteiger partial charge in [0.15, 0.2) is 0 Å². The van der Waals surface area contributed by atoms with E-state index in [2.05, 4.69) is 23.6 Å². The van der Waals surface area contributed by atoms with Gasteiger partial charge in [0.05, 0.1) is 18.3 Å². The molecule has 1 aromatic rings. The van der Waals surface area contributed by atoms with Crippen LogP contribution in [0.5, 0.6) is 0 Å². The summed E-state index contributed by atoms with van der Waals surface area (Å²) >= 11 is 0. The lowest BCUT2D eigenvalue weighted by Crippen LogP contribution is -2.49. The molecule has 1 saturated carbocycles. The monoisotopic (exact) mass is 280 g/mol. The minimum Gasteiger partial charge on any atom is -0.379 e. The summed E-state index contributed by atoms with van der Waals surface area (Å²) in [6, 6.07) is 0.151. The maximum Gasteiger partial charge on any atom is 0.0769 e. The largest absolute Gasteiger partial charge is 0.379 e. The average Bonchev–Trinajstić information content (AvgIpc) is 2.96. The van der Waals surface area contributed by atoms with Gasteiger partial charge in [0.25, 0.3) is 0 Å². The summed E-state index contributed by atoms with van der Waals surface area (Å²) in [6.07, 6.45) is 11.6. The second kappa shape index (κ2) is 7.76. The van der Waals surface area contributed by atoms with Crippen LogP contribution < -0.4 is 11.3 Å². The molecule has 0 aromatic carbocycles. The highest BCUT2D eigenvalue weighted by Gasteiger charge is 2.30. The number of nitrogens with zero attached hydrogens (tertiary/aromatic N) is 2. The zero-order chi connectivity index (χ0) is 14.4. The molecule has 1 heterocycles. The molecule has 0 aliphatic heterocycles. The number of methoxy groups -OCH3 is 1. The number of aryl methyl sites for hydroxylation is 1. The van der Waals surface area contributed by atoms with Crippen molar-refractivity contribution in [1.82, 2.24) is 15.2 Å². The van der Waals surface area contributed by atoms with Crippen molar-refractivity contribution >= 4 is 0 Å². The van der Waals surface area contributed by atoms with Crippen LogP contribution in [-0.2, 0) is 17.7 Å². The van der Waals surface area contributed by atoms with Gasteiger partial charge in [-0.15, -0.1) is 0 Å². The number of hydrogen-bond acceptors (Lipinski definition) is 4. The Morgan fingerprint density at radius 2 is 2.20 bits per heavy atom. The van der Waals surface area contributed by atoms with E-state index in [4.69, 9.17) is 10.6 Å². The molecule has 2 rings (SSSR count). The van der Waals surface area contributed by atoms with Crippen molar-refractivity contribution in [2.24, 2.45) is 11.8 Å². The van der Waals surface area contributed by atoms with Crippen molar-refractivity contribution < 1.29 is 4.74 Å². The minimum absolute atomic E-state index is 0.151. The highest BCUT2D eigenvalue weighted by atomic mass is 16.5. The van der Waals surface area contributed by atoms with Gasteiger partial charge < -0.3 is 4.74 Å². The molecule has 1 aliphatic carbocycles. The fraction of sp³-hybridized carbons (Fsp3) is 0.800. The summed E-state index contributed by atoms with van der Waals surface area (Å²) in [5, 5.41) is 4.33. The Morgan fingerprint density at radius 1 is 1.45 bits per heavy atom. The molecule has 5 nitrogen and oxygen atoms in total. The van der Waals surface area contributed by atoms with Gasteiger partial charge in [-0.3, -0.25) is 16.0 Å². The van der Waals surface area contributed by atoms with E-state index in [0.717, 1.165) is 13.0 Å². The molecule has 1 aromatic heterocycles. The molecular formula is C15H28N4O. The van der Waals surface area contributed by atoms with Crippen LogP contribution >= 0.6 is 0 Å². The van der Waals surface area contributed by atoms with E-state index >= 15 is 0 Å². The van der Waals surface area contributed by atoms with E-state index in [1.807, 2.05) is 10.9 Å². The summed E-state index contributed by atoms with van der Waals surface area (Å²) < 4.78 is 7.73. The van der Waals surface area contributed by atoms with Gasteiger partial charge in [-0.2, -0.15) is 5.10 Å². The number of rotatable bonds is 7. The van der Waals surface area contributed by atoms with Crippen LogP contribution in [-0.4, -0.2) is 29.0 Å². The molecule has 2 atom stereocenters. The normalized spacial score (nSPS) is 19.9. The van der Waals surface area contributed by atoms with Crippen LogP contribution in [0, 0.1) is 5.92 Å². The number of nitrogens with one attached hydrogen (secondary N) is 1. The number of aromatic nitrogens is 2. The minimum atomic E-state index is 0.151. The predicted octanol–water partition coefficient (Wildman–Crippen LogP) is 1.87. The number of nitrogens with two attached hydrogens (primary N) is 1. The van der Waals surface area contributed by atoms with Crippen LogP contribution in [0.1, 0.15) is 44.6 Å². The van der Waals surface area contributed by atoms with Crippen molar-refractivity contribution in [3.8, 4) is 0 Å². The Kier molecular flexibility index (Phi) is 6.01. The quantitative estimate of drug-likeness (QED) is 0.591. The molecule has 0 amide bonds. The molecule has 2 unspecified atom stereocenters. The lowest BCUT2D eigenvalue weighted by atomic mass is 9.81. The van der Waals surface area contributed by atoms with Crippen molar-refractivity contribution in [1.29, 1.82) is 0 Å². The van der Waals surface area contributed by atoms with E-state index < -0.39 is 0 Å². The molecule has 0 spiro atoms. The van der Waals surface area contributed by atoms with E-state index in [1.165, 1.54) is 37.7 Å². The third-order valence-corrected chi connectivity index (χ3v) is 4.46. The van der Waals surface area contributed by atoms with Crippen molar-refractivity contribution in [3.63, 3.8) is 0 Å². The molecule has 0 bridgehead atoms. The topological polar surface area (TPSA) is 65.1 Å². The van der Waals surface area contributed by atoms with Crippen LogP contribution in [0.4, 0.5) is 0 Å². The standard InChI is InChI=1S/C15H28N4O/c1-3-19-11-12(10-17-19)9-14(18-16)15(20-2)13-7-5-4-6-8-13/h10-11,13-15,18H,3-9,16H2,1-2H3. The Bertz CT molecular complexity index is 387. The van der Waals surface area contributed by atoms with Crippen molar-refractivity contribution in [2.45, 2.75) is 64.1 Å². The second-order valence-corrected chi connectivity index (χ2v) is 5.78. The second-order valence-electron chi connectivity index (χ2n) is 5.78. The maximum atomic E-state index is 5.79. The zero-order valence-electron chi connectivity index (χ0n) is 12.7. The third kappa shape index (κ3) is 3.81. The summed E-state index contributed by atoms with van der Waals surface area (Å²) in [6.45, 7) is 2.99. The lowest BCUT2D eigenvalue weighted by molar-refractivity contribution is 0.00827. The summed E-state index contributed by atoms with van der Waals surface area (Å²) in [4.78, 5) is 0. The number of hydrazine groups is 1. The van der Waals surface area contributed by atoms with Gasteiger partial charge in [-0.25, -0.2) is 0 Å². The van der Waals surface area contributed by atoms with E-state index in [1.54, 1.807) is 7.11 Å². The van der Waals surface area contributed by atoms with Gasteiger partial charge in [0.2, 0.25) is 0 Å². The third-order valence-electron chi connectivity index (χ3n) is 4.46. The van der Waals surface area contributed by atoms with Crippen molar-refractivity contribution in [3.05, 3.63) is 18.0 Å². The number of hydrogen-bond donors (Lipinski definition) is 2. The Morgan fingerprint density at radius 3 is 2.75 bits per heavy atom. The molecule has 1 fully saturated rings. The first-order valence-corrected chi connectivity index (χ1v) is 7.78. The van der Waals surface area contributed by atoms with Gasteiger partial charge in [0, 0.05) is 19.9 Å². The molecule has 114 valence electrons. The fourth-order valence-electron chi connectivity index (χ4n) is 3.36. The summed E-state index contributed by atoms with van der Waals surface area (Å²) in [5.74, 6) is 6.41. The fourth-order valence-corrected chi connectivity index (χ4v) is 3.36. The molecule has 0 saturated heterocycles. The van der Waals surface area contributed by atoms with Gasteiger partial charge in [-0.1, -0.05) is 19.3 Å². The van der Waals surface area contributed by atoms with Crippen LogP contribution in [0.2, 0.25) is 0 Å².